The van der Waals surface area contributed by atoms with Crippen molar-refractivity contribution in [3.63, 3.8) is 0 Å². The molecule has 0 spiro atoms. The average Bonchev–Trinajstić information content (AvgIpc) is 2.86. The summed E-state index contributed by atoms with van der Waals surface area (Å²) in [6.45, 7) is 0.995. The maximum atomic E-state index is 11.3. The van der Waals surface area contributed by atoms with Gasteiger partial charge in [-0.2, -0.15) is 0 Å². The molecule has 2 aromatic carbocycles. The van der Waals surface area contributed by atoms with Crippen LogP contribution in [0.4, 0.5) is 0 Å². The number of aliphatic hydroxyl groups is 1. The molecule has 2 aliphatic heterocycles. The van der Waals surface area contributed by atoms with Crippen molar-refractivity contribution < 1.29 is 9.84 Å². The Morgan fingerprint density at radius 3 is 2.21 bits per heavy atom. The molecule has 0 radical (unpaired) electrons. The second kappa shape index (κ2) is 6.23. The largest absolute Gasteiger partial charge is 0.497 e. The van der Waals surface area contributed by atoms with Gasteiger partial charge in [-0.1, -0.05) is 42.5 Å². The number of ether oxygens (including phenoxy) is 1. The molecule has 126 valence electrons. The molecule has 0 aromatic heterocycles. The van der Waals surface area contributed by atoms with Gasteiger partial charge in [0.25, 0.3) is 0 Å². The Morgan fingerprint density at radius 2 is 1.62 bits per heavy atom. The lowest BCUT2D eigenvalue weighted by Gasteiger charge is -2.44. The number of methoxy groups -OCH3 is 1. The third-order valence-corrected chi connectivity index (χ3v) is 5.75. The Hall–Kier alpha value is -1.84. The zero-order valence-electron chi connectivity index (χ0n) is 14.2. The van der Waals surface area contributed by atoms with E-state index in [2.05, 4.69) is 35.2 Å². The summed E-state index contributed by atoms with van der Waals surface area (Å²) in [4.78, 5) is 2.60. The molecule has 2 atom stereocenters. The van der Waals surface area contributed by atoms with Gasteiger partial charge >= 0.3 is 0 Å². The first-order chi connectivity index (χ1) is 11.7. The van der Waals surface area contributed by atoms with Crippen molar-refractivity contribution in [1.29, 1.82) is 0 Å². The summed E-state index contributed by atoms with van der Waals surface area (Å²) >= 11 is 0. The summed E-state index contributed by atoms with van der Waals surface area (Å²) < 4.78 is 5.24. The van der Waals surface area contributed by atoms with E-state index in [9.17, 15) is 5.11 Å². The van der Waals surface area contributed by atoms with E-state index in [1.54, 1.807) is 7.11 Å². The van der Waals surface area contributed by atoms with E-state index < -0.39 is 5.60 Å². The predicted octanol–water partition coefficient (Wildman–Crippen LogP) is 3.71. The van der Waals surface area contributed by atoms with Gasteiger partial charge in [-0.05, 0) is 48.9 Å². The van der Waals surface area contributed by atoms with Gasteiger partial charge in [0.2, 0.25) is 0 Å². The lowest BCUT2D eigenvalue weighted by molar-refractivity contribution is -0.0595. The summed E-state index contributed by atoms with van der Waals surface area (Å²) in [6, 6.07) is 19.5. The molecular formula is C21H25NO2. The lowest BCUT2D eigenvalue weighted by Crippen LogP contribution is -2.49. The minimum absolute atomic E-state index is 0.469. The maximum absolute atomic E-state index is 11.3. The van der Waals surface area contributed by atoms with Crippen molar-refractivity contribution in [3.8, 4) is 5.75 Å². The van der Waals surface area contributed by atoms with Crippen LogP contribution in [0.15, 0.2) is 54.6 Å². The number of rotatable bonds is 4. The summed E-state index contributed by atoms with van der Waals surface area (Å²) in [5, 5.41) is 11.3. The predicted molar refractivity (Wildman–Crippen MR) is 94.9 cm³/mol. The van der Waals surface area contributed by atoms with Gasteiger partial charge in [0.1, 0.15) is 5.75 Å². The summed E-state index contributed by atoms with van der Waals surface area (Å²) in [5.41, 5.74) is 1.69. The normalized spacial score (nSPS) is 29.6. The monoisotopic (exact) mass is 323 g/mol. The second-order valence-electron chi connectivity index (χ2n) is 7.21. The van der Waals surface area contributed by atoms with Crippen LogP contribution in [0, 0.1) is 0 Å². The fourth-order valence-electron chi connectivity index (χ4n) is 4.51. The average molecular weight is 323 g/mol. The zero-order valence-corrected chi connectivity index (χ0v) is 14.2. The molecule has 2 aliphatic rings. The first kappa shape index (κ1) is 15.7. The minimum Gasteiger partial charge on any atom is -0.497 e. The molecule has 24 heavy (non-hydrogen) atoms. The topological polar surface area (TPSA) is 32.7 Å². The Bertz CT molecular complexity index is 669. The number of hydrogen-bond donors (Lipinski definition) is 1. The van der Waals surface area contributed by atoms with Gasteiger partial charge < -0.3 is 9.84 Å². The van der Waals surface area contributed by atoms with Crippen molar-refractivity contribution in [2.24, 2.45) is 0 Å². The van der Waals surface area contributed by atoms with E-state index in [4.69, 9.17) is 4.74 Å². The third kappa shape index (κ3) is 2.83. The van der Waals surface area contributed by atoms with Gasteiger partial charge in [-0.15, -0.1) is 0 Å². The van der Waals surface area contributed by atoms with Crippen molar-refractivity contribution >= 4 is 0 Å². The quantitative estimate of drug-likeness (QED) is 0.931. The fourth-order valence-corrected chi connectivity index (χ4v) is 4.51. The first-order valence-electron chi connectivity index (χ1n) is 8.84. The molecular weight excluding hydrogens is 298 g/mol. The van der Waals surface area contributed by atoms with Crippen LogP contribution in [0.3, 0.4) is 0 Å². The highest BCUT2D eigenvalue weighted by Gasteiger charge is 2.48. The van der Waals surface area contributed by atoms with Crippen molar-refractivity contribution in [2.75, 3.05) is 7.11 Å². The maximum Gasteiger partial charge on any atom is 0.118 e. The molecule has 2 bridgehead atoms. The van der Waals surface area contributed by atoms with Gasteiger partial charge in [0.05, 0.1) is 12.7 Å². The van der Waals surface area contributed by atoms with Crippen LogP contribution in [0.1, 0.15) is 36.8 Å². The van der Waals surface area contributed by atoms with E-state index in [1.807, 2.05) is 24.3 Å². The van der Waals surface area contributed by atoms with Crippen molar-refractivity contribution in [2.45, 2.75) is 49.9 Å². The van der Waals surface area contributed by atoms with Crippen LogP contribution < -0.4 is 4.74 Å². The lowest BCUT2D eigenvalue weighted by atomic mass is 9.80. The Balaban J connectivity index is 1.52. The fraction of sp³-hybridized carbons (Fsp3) is 0.429. The van der Waals surface area contributed by atoms with Crippen LogP contribution in [-0.2, 0) is 12.1 Å². The van der Waals surface area contributed by atoms with Gasteiger partial charge in [0, 0.05) is 18.6 Å². The Labute approximate surface area is 143 Å². The van der Waals surface area contributed by atoms with E-state index in [0.717, 1.165) is 30.7 Å². The molecule has 2 heterocycles. The molecule has 3 nitrogen and oxygen atoms in total. The highest BCUT2D eigenvalue weighted by Crippen LogP contribution is 2.46. The van der Waals surface area contributed by atoms with E-state index >= 15 is 0 Å². The molecule has 0 aliphatic carbocycles. The first-order valence-corrected chi connectivity index (χ1v) is 8.84. The zero-order chi connectivity index (χ0) is 16.6. The van der Waals surface area contributed by atoms with Gasteiger partial charge in [-0.3, -0.25) is 4.90 Å². The molecule has 2 aromatic rings. The van der Waals surface area contributed by atoms with Crippen LogP contribution in [-0.4, -0.2) is 29.2 Å². The Morgan fingerprint density at radius 1 is 1.00 bits per heavy atom. The number of benzene rings is 2. The van der Waals surface area contributed by atoms with E-state index in [0.29, 0.717) is 12.1 Å². The molecule has 1 N–H and O–H groups in total. The van der Waals surface area contributed by atoms with Gasteiger partial charge in [0.15, 0.2) is 0 Å². The minimum atomic E-state index is -0.703. The smallest absolute Gasteiger partial charge is 0.118 e. The third-order valence-electron chi connectivity index (χ3n) is 5.75. The molecule has 0 amide bonds. The van der Waals surface area contributed by atoms with Crippen LogP contribution >= 0.6 is 0 Å². The summed E-state index contributed by atoms with van der Waals surface area (Å²) in [7, 11) is 1.67. The summed E-state index contributed by atoms with van der Waals surface area (Å²) in [6.07, 6.45) is 4.03. The molecule has 0 saturated carbocycles. The number of hydrogen-bond acceptors (Lipinski definition) is 3. The second-order valence-corrected chi connectivity index (χ2v) is 7.21. The van der Waals surface area contributed by atoms with Crippen molar-refractivity contribution in [1.82, 2.24) is 4.90 Å². The van der Waals surface area contributed by atoms with E-state index in [1.165, 1.54) is 18.4 Å². The standard InChI is InChI=1S/C21H25NO2/c1-24-20-11-7-17(8-12-20)21(23)13-18-9-10-19(14-21)22(18)15-16-5-3-2-4-6-16/h2-8,11-12,18-19,23H,9-10,13-15H2,1H3/t18-,19-/m0/s1. The highest BCUT2D eigenvalue weighted by atomic mass is 16.5. The molecule has 2 saturated heterocycles. The number of nitrogens with zero attached hydrogens (tertiary/aromatic N) is 1. The van der Waals surface area contributed by atoms with E-state index in [-0.39, 0.29) is 0 Å². The number of fused-ring (bicyclic) bond motifs is 2. The highest BCUT2D eigenvalue weighted by molar-refractivity contribution is 5.32. The van der Waals surface area contributed by atoms with Crippen LogP contribution in [0.5, 0.6) is 5.75 Å². The van der Waals surface area contributed by atoms with Crippen molar-refractivity contribution in [3.05, 3.63) is 65.7 Å². The Kier molecular flexibility index (Phi) is 4.07. The molecule has 3 heteroatoms. The van der Waals surface area contributed by atoms with Gasteiger partial charge in [-0.25, -0.2) is 0 Å². The molecule has 0 unspecified atom stereocenters. The molecule has 2 fully saturated rings. The van der Waals surface area contributed by atoms with Crippen LogP contribution in [0.25, 0.3) is 0 Å². The SMILES string of the molecule is COc1ccc(C2(O)C[C@@H]3CC[C@@H](C2)N3Cc2ccccc2)cc1. The van der Waals surface area contributed by atoms with Crippen LogP contribution in [0.2, 0.25) is 0 Å². The summed E-state index contributed by atoms with van der Waals surface area (Å²) in [5.74, 6) is 0.840. The number of piperidine rings is 1. The molecule has 4 rings (SSSR count).